The maximum atomic E-state index is 13.4. The molecule has 0 saturated heterocycles. The molecule has 1 aromatic rings. The molecule has 1 saturated carbocycles. The van der Waals surface area contributed by atoms with E-state index in [-0.39, 0.29) is 12.4 Å². The maximum absolute atomic E-state index is 13.4. The Morgan fingerprint density at radius 2 is 2.00 bits per heavy atom. The van der Waals surface area contributed by atoms with Gasteiger partial charge in [-0.15, -0.1) is 12.4 Å². The molecular formula is C18H27ClN2O4S. The van der Waals surface area contributed by atoms with Crippen molar-refractivity contribution < 1.29 is 17.9 Å². The summed E-state index contributed by atoms with van der Waals surface area (Å²) < 4.78 is 33.1. The minimum absolute atomic E-state index is 0. The zero-order valence-electron chi connectivity index (χ0n) is 15.0. The van der Waals surface area contributed by atoms with Crippen LogP contribution in [0, 0.1) is 5.92 Å². The van der Waals surface area contributed by atoms with E-state index >= 15 is 0 Å². The van der Waals surface area contributed by atoms with E-state index in [1.807, 2.05) is 18.2 Å². The van der Waals surface area contributed by atoms with Gasteiger partial charge in [-0.2, -0.15) is 0 Å². The van der Waals surface area contributed by atoms with Gasteiger partial charge < -0.3 is 10.5 Å². The van der Waals surface area contributed by atoms with Crippen LogP contribution in [0.25, 0.3) is 0 Å². The van der Waals surface area contributed by atoms with Gasteiger partial charge in [0.25, 0.3) is 0 Å². The first-order valence-electron chi connectivity index (χ1n) is 8.90. The Labute approximate surface area is 161 Å². The molecule has 1 aliphatic heterocycles. The number of anilines is 1. The molecule has 0 aromatic heterocycles. The lowest BCUT2D eigenvalue weighted by Gasteiger charge is -2.37. The van der Waals surface area contributed by atoms with Crippen molar-refractivity contribution >= 4 is 34.1 Å². The van der Waals surface area contributed by atoms with Crippen LogP contribution in [0.5, 0.6) is 0 Å². The quantitative estimate of drug-likeness (QED) is 0.781. The summed E-state index contributed by atoms with van der Waals surface area (Å²) in [5.41, 5.74) is 8.46. The molecule has 26 heavy (non-hydrogen) atoms. The second-order valence-electron chi connectivity index (χ2n) is 6.84. The number of nitrogens with zero attached hydrogens (tertiary/aromatic N) is 1. The Morgan fingerprint density at radius 1 is 1.27 bits per heavy atom. The van der Waals surface area contributed by atoms with Crippen molar-refractivity contribution in [1.29, 1.82) is 0 Å². The fourth-order valence-electron chi connectivity index (χ4n) is 4.05. The third-order valence-electron chi connectivity index (χ3n) is 5.35. The molecule has 3 rings (SSSR count). The fourth-order valence-corrected chi connectivity index (χ4v) is 6.33. The van der Waals surface area contributed by atoms with Crippen LogP contribution >= 0.6 is 12.4 Å². The van der Waals surface area contributed by atoms with Crippen LogP contribution in [-0.2, 0) is 32.5 Å². The van der Waals surface area contributed by atoms with Gasteiger partial charge in [-0.3, -0.25) is 9.10 Å². The molecule has 1 heterocycles. The number of ether oxygens (including phenoxy) is 1. The number of hydrogen-bond donors (Lipinski definition) is 1. The summed E-state index contributed by atoms with van der Waals surface area (Å²) >= 11 is 0. The largest absolute Gasteiger partial charge is 0.469 e. The third kappa shape index (κ3) is 3.85. The van der Waals surface area contributed by atoms with E-state index < -0.39 is 27.2 Å². The number of fused-ring (bicyclic) bond motifs is 1. The number of hydrogen-bond acceptors (Lipinski definition) is 5. The van der Waals surface area contributed by atoms with E-state index in [9.17, 15) is 13.2 Å². The van der Waals surface area contributed by atoms with Crippen LogP contribution in [0.15, 0.2) is 18.2 Å². The molecule has 1 aliphatic carbocycles. The minimum atomic E-state index is -3.62. The van der Waals surface area contributed by atoms with Crippen molar-refractivity contribution in [1.82, 2.24) is 0 Å². The number of aryl methyl sites for hydroxylation is 1. The highest BCUT2D eigenvalue weighted by atomic mass is 35.5. The average molecular weight is 403 g/mol. The van der Waals surface area contributed by atoms with Gasteiger partial charge in [-0.1, -0.05) is 25.0 Å². The van der Waals surface area contributed by atoms with E-state index in [2.05, 4.69) is 0 Å². The SMILES string of the molecule is COC(=O)C1CCCCC1S(=O)(=O)N1CCCc2cc(CN)ccc21.Cl. The Balaban J connectivity index is 0.00000243. The minimum Gasteiger partial charge on any atom is -0.469 e. The molecule has 146 valence electrons. The highest BCUT2D eigenvalue weighted by molar-refractivity contribution is 7.93. The van der Waals surface area contributed by atoms with E-state index in [4.69, 9.17) is 10.5 Å². The standard InChI is InChI=1S/C18H26N2O4S.ClH/c1-24-18(21)15-6-2-3-7-17(15)25(22,23)20-10-4-5-14-11-13(12-19)8-9-16(14)20;/h8-9,11,15,17H,2-7,10,12,19H2,1H3;1H. The first-order chi connectivity index (χ1) is 12.0. The smallest absolute Gasteiger partial charge is 0.310 e. The lowest BCUT2D eigenvalue weighted by Crippen LogP contribution is -2.47. The molecular weight excluding hydrogens is 376 g/mol. The van der Waals surface area contributed by atoms with E-state index in [1.54, 1.807) is 0 Å². The number of nitrogens with two attached hydrogens (primary N) is 1. The molecule has 2 unspecified atom stereocenters. The van der Waals surface area contributed by atoms with Crippen molar-refractivity contribution in [2.45, 2.75) is 50.3 Å². The summed E-state index contributed by atoms with van der Waals surface area (Å²) in [6, 6.07) is 5.73. The number of esters is 1. The van der Waals surface area contributed by atoms with Gasteiger partial charge in [0.1, 0.15) is 0 Å². The molecule has 1 aromatic carbocycles. The molecule has 2 atom stereocenters. The van der Waals surface area contributed by atoms with Gasteiger partial charge in [0, 0.05) is 13.1 Å². The molecule has 2 N–H and O–H groups in total. The molecule has 0 amide bonds. The van der Waals surface area contributed by atoms with Crippen LogP contribution in [0.4, 0.5) is 5.69 Å². The number of sulfonamides is 1. The molecule has 0 spiro atoms. The Kier molecular flexibility index (Phi) is 6.93. The molecule has 8 heteroatoms. The van der Waals surface area contributed by atoms with Gasteiger partial charge in [0.2, 0.25) is 10.0 Å². The predicted molar refractivity (Wildman–Crippen MR) is 104 cm³/mol. The number of methoxy groups -OCH3 is 1. The van der Waals surface area contributed by atoms with Crippen molar-refractivity contribution in [2.24, 2.45) is 11.7 Å². The van der Waals surface area contributed by atoms with E-state index in [1.165, 1.54) is 11.4 Å². The predicted octanol–water partition coefficient (Wildman–Crippen LogP) is 2.38. The summed E-state index contributed by atoms with van der Waals surface area (Å²) in [6.07, 6.45) is 4.39. The van der Waals surface area contributed by atoms with Gasteiger partial charge >= 0.3 is 5.97 Å². The van der Waals surface area contributed by atoms with Gasteiger partial charge in [0.15, 0.2) is 0 Å². The summed E-state index contributed by atoms with van der Waals surface area (Å²) in [4.78, 5) is 12.1. The van der Waals surface area contributed by atoms with Gasteiger partial charge in [0.05, 0.1) is 24.0 Å². The van der Waals surface area contributed by atoms with Crippen molar-refractivity contribution in [2.75, 3.05) is 18.0 Å². The number of benzene rings is 1. The van der Waals surface area contributed by atoms with Crippen LogP contribution in [-0.4, -0.2) is 33.3 Å². The zero-order valence-corrected chi connectivity index (χ0v) is 16.7. The number of carbonyl (C=O) groups is 1. The Bertz CT molecular complexity index is 754. The summed E-state index contributed by atoms with van der Waals surface area (Å²) in [7, 11) is -2.30. The van der Waals surface area contributed by atoms with Gasteiger partial charge in [-0.25, -0.2) is 8.42 Å². The van der Waals surface area contributed by atoms with E-state index in [0.29, 0.717) is 25.9 Å². The van der Waals surface area contributed by atoms with Crippen LogP contribution in [0.3, 0.4) is 0 Å². The van der Waals surface area contributed by atoms with Crippen LogP contribution < -0.4 is 10.0 Å². The van der Waals surface area contributed by atoms with Gasteiger partial charge in [-0.05, 0) is 42.9 Å². The van der Waals surface area contributed by atoms with Crippen molar-refractivity contribution in [3.05, 3.63) is 29.3 Å². The second kappa shape index (κ2) is 8.59. The summed E-state index contributed by atoms with van der Waals surface area (Å²) in [5, 5.41) is -0.700. The zero-order chi connectivity index (χ0) is 18.0. The second-order valence-corrected chi connectivity index (χ2v) is 8.92. The topological polar surface area (TPSA) is 89.7 Å². The van der Waals surface area contributed by atoms with Crippen LogP contribution in [0.2, 0.25) is 0 Å². The first kappa shape index (κ1) is 21.0. The highest BCUT2D eigenvalue weighted by Gasteiger charge is 2.44. The molecule has 6 nitrogen and oxygen atoms in total. The Hall–Kier alpha value is -1.31. The van der Waals surface area contributed by atoms with Crippen LogP contribution in [0.1, 0.15) is 43.2 Å². The summed E-state index contributed by atoms with van der Waals surface area (Å²) in [5.74, 6) is -0.985. The molecule has 1 fully saturated rings. The lowest BCUT2D eigenvalue weighted by atomic mass is 9.89. The maximum Gasteiger partial charge on any atom is 0.310 e. The number of rotatable bonds is 4. The van der Waals surface area contributed by atoms with Crippen molar-refractivity contribution in [3.8, 4) is 0 Å². The first-order valence-corrected chi connectivity index (χ1v) is 10.4. The molecule has 2 aliphatic rings. The van der Waals surface area contributed by atoms with E-state index in [0.717, 1.165) is 42.5 Å². The average Bonchev–Trinajstić information content (AvgIpc) is 2.66. The van der Waals surface area contributed by atoms with Crippen molar-refractivity contribution in [3.63, 3.8) is 0 Å². The lowest BCUT2D eigenvalue weighted by molar-refractivity contribution is -0.146. The number of halogens is 1. The Morgan fingerprint density at radius 3 is 2.69 bits per heavy atom. The molecule has 0 bridgehead atoms. The monoisotopic (exact) mass is 402 g/mol. The fraction of sp³-hybridized carbons (Fsp3) is 0.611. The normalized spacial score (nSPS) is 22.9. The number of carbonyl (C=O) groups excluding carboxylic acids is 1. The molecule has 0 radical (unpaired) electrons. The third-order valence-corrected chi connectivity index (χ3v) is 7.67. The summed E-state index contributed by atoms with van der Waals surface area (Å²) in [6.45, 7) is 0.898. The highest BCUT2D eigenvalue weighted by Crippen LogP contribution is 2.37.